The van der Waals surface area contributed by atoms with E-state index < -0.39 is 0 Å². The number of benzene rings is 2. The van der Waals surface area contributed by atoms with Crippen LogP contribution in [0.5, 0.6) is 0 Å². The first-order chi connectivity index (χ1) is 11.6. The highest BCUT2D eigenvalue weighted by atomic mass is 79.9. The number of amides is 1. The van der Waals surface area contributed by atoms with Crippen molar-refractivity contribution in [3.63, 3.8) is 0 Å². The predicted molar refractivity (Wildman–Crippen MR) is 96.3 cm³/mol. The number of rotatable bonds is 4. The Morgan fingerprint density at radius 1 is 1.25 bits per heavy atom. The van der Waals surface area contributed by atoms with E-state index in [9.17, 15) is 9.18 Å². The van der Waals surface area contributed by atoms with Crippen molar-refractivity contribution < 1.29 is 9.18 Å². The molecular formula is C19H20BrFN2O. The summed E-state index contributed by atoms with van der Waals surface area (Å²) >= 11 is 3.26. The van der Waals surface area contributed by atoms with E-state index >= 15 is 0 Å². The lowest BCUT2D eigenvalue weighted by Crippen LogP contribution is -2.47. The van der Waals surface area contributed by atoms with Gasteiger partial charge in [-0.1, -0.05) is 30.3 Å². The molecule has 5 heteroatoms. The van der Waals surface area contributed by atoms with Crippen LogP contribution in [0.2, 0.25) is 0 Å². The molecule has 0 radical (unpaired) electrons. The van der Waals surface area contributed by atoms with E-state index in [1.807, 2.05) is 18.2 Å². The van der Waals surface area contributed by atoms with Crippen molar-refractivity contribution in [3.8, 4) is 0 Å². The number of likely N-dealkylation sites (tertiary alicyclic amines) is 1. The van der Waals surface area contributed by atoms with Crippen LogP contribution >= 0.6 is 15.9 Å². The van der Waals surface area contributed by atoms with Gasteiger partial charge in [-0.3, -0.25) is 9.69 Å². The van der Waals surface area contributed by atoms with Crippen LogP contribution < -0.4 is 5.32 Å². The van der Waals surface area contributed by atoms with Gasteiger partial charge in [0, 0.05) is 23.6 Å². The fourth-order valence-electron chi connectivity index (χ4n) is 3.10. The third-order valence-electron chi connectivity index (χ3n) is 4.27. The van der Waals surface area contributed by atoms with Crippen LogP contribution in [-0.4, -0.2) is 29.9 Å². The van der Waals surface area contributed by atoms with E-state index in [0.717, 1.165) is 32.5 Å². The quantitative estimate of drug-likeness (QED) is 0.855. The Morgan fingerprint density at radius 3 is 2.79 bits per heavy atom. The molecule has 2 aromatic carbocycles. The molecule has 1 amide bonds. The van der Waals surface area contributed by atoms with Crippen LogP contribution in [0.4, 0.5) is 4.39 Å². The number of piperidine rings is 1. The molecule has 1 atom stereocenters. The van der Waals surface area contributed by atoms with Crippen LogP contribution in [0, 0.1) is 5.82 Å². The molecule has 1 fully saturated rings. The Kier molecular flexibility index (Phi) is 5.63. The van der Waals surface area contributed by atoms with Gasteiger partial charge in [0.05, 0.1) is 5.56 Å². The van der Waals surface area contributed by atoms with Crippen molar-refractivity contribution in [2.75, 3.05) is 13.1 Å². The summed E-state index contributed by atoms with van der Waals surface area (Å²) in [5, 5.41) is 3.08. The second-order valence-corrected chi connectivity index (χ2v) is 7.01. The van der Waals surface area contributed by atoms with Crippen molar-refractivity contribution in [1.82, 2.24) is 10.2 Å². The van der Waals surface area contributed by atoms with Gasteiger partial charge in [0.2, 0.25) is 0 Å². The molecule has 1 saturated heterocycles. The zero-order chi connectivity index (χ0) is 16.9. The monoisotopic (exact) mass is 390 g/mol. The van der Waals surface area contributed by atoms with E-state index in [4.69, 9.17) is 0 Å². The summed E-state index contributed by atoms with van der Waals surface area (Å²) in [5.74, 6) is -0.515. The maximum atomic E-state index is 13.2. The molecule has 24 heavy (non-hydrogen) atoms. The minimum atomic E-state index is -0.356. The summed E-state index contributed by atoms with van der Waals surface area (Å²) in [5.41, 5.74) is 1.75. The molecule has 0 bridgehead atoms. The number of halogens is 2. The number of nitrogens with zero attached hydrogens (tertiary/aromatic N) is 1. The second kappa shape index (κ2) is 7.90. The van der Waals surface area contributed by atoms with Crippen LogP contribution in [0.1, 0.15) is 28.8 Å². The van der Waals surface area contributed by atoms with Gasteiger partial charge in [-0.05, 0) is 59.1 Å². The molecule has 1 aliphatic rings. The SMILES string of the molecule is O=C(N[C@H]1CCCN(Cc2ccccc2)C1)c1ccc(F)cc1Br. The molecule has 3 rings (SSSR count). The average molecular weight is 391 g/mol. The number of hydrogen-bond acceptors (Lipinski definition) is 2. The van der Waals surface area contributed by atoms with Gasteiger partial charge in [-0.15, -0.1) is 0 Å². The van der Waals surface area contributed by atoms with Gasteiger partial charge in [-0.2, -0.15) is 0 Å². The van der Waals surface area contributed by atoms with E-state index in [0.29, 0.717) is 10.0 Å². The van der Waals surface area contributed by atoms with Crippen LogP contribution in [-0.2, 0) is 6.54 Å². The molecule has 1 heterocycles. The van der Waals surface area contributed by atoms with Crippen molar-refractivity contribution in [2.45, 2.75) is 25.4 Å². The van der Waals surface area contributed by atoms with Gasteiger partial charge < -0.3 is 5.32 Å². The molecule has 126 valence electrons. The third-order valence-corrected chi connectivity index (χ3v) is 4.92. The van der Waals surface area contributed by atoms with E-state index in [-0.39, 0.29) is 17.8 Å². The lowest BCUT2D eigenvalue weighted by Gasteiger charge is -2.33. The number of hydrogen-bond donors (Lipinski definition) is 1. The summed E-state index contributed by atoms with van der Waals surface area (Å²) in [6.45, 7) is 2.77. The molecule has 3 nitrogen and oxygen atoms in total. The van der Waals surface area contributed by atoms with Gasteiger partial charge in [0.25, 0.3) is 5.91 Å². The predicted octanol–water partition coefficient (Wildman–Crippen LogP) is 3.98. The Labute approximate surface area is 150 Å². The Balaban J connectivity index is 1.59. The normalized spacial score (nSPS) is 18.3. The zero-order valence-corrected chi connectivity index (χ0v) is 14.9. The first kappa shape index (κ1) is 17.1. The molecule has 0 spiro atoms. The number of nitrogens with one attached hydrogen (secondary N) is 1. The maximum absolute atomic E-state index is 13.2. The molecule has 0 saturated carbocycles. The first-order valence-electron chi connectivity index (χ1n) is 8.14. The average Bonchev–Trinajstić information content (AvgIpc) is 2.56. The van der Waals surface area contributed by atoms with Gasteiger partial charge in [-0.25, -0.2) is 4.39 Å². The number of carbonyl (C=O) groups excluding carboxylic acids is 1. The minimum Gasteiger partial charge on any atom is -0.348 e. The lowest BCUT2D eigenvalue weighted by atomic mass is 10.0. The van der Waals surface area contributed by atoms with Crippen molar-refractivity contribution in [2.24, 2.45) is 0 Å². The fraction of sp³-hybridized carbons (Fsp3) is 0.316. The largest absolute Gasteiger partial charge is 0.348 e. The summed E-state index contributed by atoms with van der Waals surface area (Å²) in [6, 6.07) is 14.6. The topological polar surface area (TPSA) is 32.3 Å². The summed E-state index contributed by atoms with van der Waals surface area (Å²) < 4.78 is 13.6. The van der Waals surface area contributed by atoms with E-state index in [1.54, 1.807) is 0 Å². The summed E-state index contributed by atoms with van der Waals surface area (Å²) in [4.78, 5) is 14.8. The highest BCUT2D eigenvalue weighted by molar-refractivity contribution is 9.10. The van der Waals surface area contributed by atoms with Gasteiger partial charge in [0.15, 0.2) is 0 Å². The van der Waals surface area contributed by atoms with Crippen molar-refractivity contribution >= 4 is 21.8 Å². The third kappa shape index (κ3) is 4.42. The fourth-order valence-corrected chi connectivity index (χ4v) is 3.63. The van der Waals surface area contributed by atoms with Gasteiger partial charge in [0.1, 0.15) is 5.82 Å². The van der Waals surface area contributed by atoms with Crippen molar-refractivity contribution in [3.05, 3.63) is 69.9 Å². The molecule has 0 aliphatic carbocycles. The lowest BCUT2D eigenvalue weighted by molar-refractivity contribution is 0.0900. The molecule has 2 aromatic rings. The first-order valence-corrected chi connectivity index (χ1v) is 8.93. The Bertz CT molecular complexity index is 708. The highest BCUT2D eigenvalue weighted by Crippen LogP contribution is 2.19. The maximum Gasteiger partial charge on any atom is 0.252 e. The minimum absolute atomic E-state index is 0.118. The summed E-state index contributed by atoms with van der Waals surface area (Å²) in [6.07, 6.45) is 2.03. The highest BCUT2D eigenvalue weighted by Gasteiger charge is 2.22. The zero-order valence-electron chi connectivity index (χ0n) is 13.3. The van der Waals surface area contributed by atoms with Crippen LogP contribution in [0.3, 0.4) is 0 Å². The standard InChI is InChI=1S/C19H20BrFN2O/c20-18-11-15(21)8-9-17(18)19(24)22-16-7-4-10-23(13-16)12-14-5-2-1-3-6-14/h1-3,5-6,8-9,11,16H,4,7,10,12-13H2,(H,22,24)/t16-/m0/s1. The Hall–Kier alpha value is -1.72. The van der Waals surface area contributed by atoms with Gasteiger partial charge >= 0.3 is 0 Å². The number of carbonyl (C=O) groups is 1. The van der Waals surface area contributed by atoms with E-state index in [1.165, 1.54) is 23.8 Å². The molecule has 0 aromatic heterocycles. The van der Waals surface area contributed by atoms with Crippen LogP contribution in [0.25, 0.3) is 0 Å². The second-order valence-electron chi connectivity index (χ2n) is 6.16. The Morgan fingerprint density at radius 2 is 2.04 bits per heavy atom. The molecule has 1 aliphatic heterocycles. The molecular weight excluding hydrogens is 371 g/mol. The van der Waals surface area contributed by atoms with E-state index in [2.05, 4.69) is 38.3 Å². The van der Waals surface area contributed by atoms with Crippen molar-refractivity contribution in [1.29, 1.82) is 0 Å². The molecule has 1 N–H and O–H groups in total. The molecule has 0 unspecified atom stereocenters. The summed E-state index contributed by atoms with van der Waals surface area (Å²) in [7, 11) is 0. The van der Waals surface area contributed by atoms with Crippen LogP contribution in [0.15, 0.2) is 53.0 Å². The smallest absolute Gasteiger partial charge is 0.252 e.